The Morgan fingerprint density at radius 2 is 1.83 bits per heavy atom. The maximum absolute atomic E-state index is 12.2. The molecule has 1 saturated heterocycles. The summed E-state index contributed by atoms with van der Waals surface area (Å²) < 4.78 is 0. The van der Waals surface area contributed by atoms with E-state index < -0.39 is 12.0 Å². The quantitative estimate of drug-likeness (QED) is 0.910. The maximum Gasteiger partial charge on any atom is 0.326 e. The molecule has 1 aromatic rings. The van der Waals surface area contributed by atoms with Crippen LogP contribution < -0.4 is 0 Å². The zero-order valence-corrected chi connectivity index (χ0v) is 10.9. The van der Waals surface area contributed by atoms with Crippen molar-refractivity contribution in [3.8, 4) is 0 Å². The SMILES string of the molecule is O=C(O)[C@@H]1CCCN1C(=O)c1cc(Cl)cc(Cl)c1. The normalized spacial score (nSPS) is 19.0. The highest BCUT2D eigenvalue weighted by Gasteiger charge is 2.34. The predicted molar refractivity (Wildman–Crippen MR) is 68.2 cm³/mol. The van der Waals surface area contributed by atoms with Crippen molar-refractivity contribution in [3.63, 3.8) is 0 Å². The molecule has 0 bridgehead atoms. The van der Waals surface area contributed by atoms with Gasteiger partial charge in [0.1, 0.15) is 6.04 Å². The molecule has 1 N–H and O–H groups in total. The molecule has 4 nitrogen and oxygen atoms in total. The van der Waals surface area contributed by atoms with Crippen LogP contribution in [0.3, 0.4) is 0 Å². The van der Waals surface area contributed by atoms with Crippen molar-refractivity contribution in [1.82, 2.24) is 4.90 Å². The summed E-state index contributed by atoms with van der Waals surface area (Å²) in [6.45, 7) is 0.444. The van der Waals surface area contributed by atoms with Crippen LogP contribution in [0, 0.1) is 0 Å². The summed E-state index contributed by atoms with van der Waals surface area (Å²) >= 11 is 11.7. The third kappa shape index (κ3) is 2.60. The van der Waals surface area contributed by atoms with Crippen LogP contribution in [0.5, 0.6) is 0 Å². The Morgan fingerprint density at radius 3 is 2.39 bits per heavy atom. The number of nitrogens with zero attached hydrogens (tertiary/aromatic N) is 1. The van der Waals surface area contributed by atoms with Gasteiger partial charge in [-0.15, -0.1) is 0 Å². The monoisotopic (exact) mass is 287 g/mol. The number of benzene rings is 1. The number of hydrogen-bond donors (Lipinski definition) is 1. The van der Waals surface area contributed by atoms with E-state index in [-0.39, 0.29) is 5.91 Å². The number of likely N-dealkylation sites (tertiary alicyclic amines) is 1. The minimum absolute atomic E-state index is 0.320. The molecule has 1 atom stereocenters. The number of aliphatic carboxylic acids is 1. The Balaban J connectivity index is 2.28. The minimum atomic E-state index is -0.978. The van der Waals surface area contributed by atoms with E-state index in [0.29, 0.717) is 35.0 Å². The molecule has 1 fully saturated rings. The van der Waals surface area contributed by atoms with Gasteiger partial charge in [0.05, 0.1) is 0 Å². The van der Waals surface area contributed by atoms with E-state index in [1.807, 2.05) is 0 Å². The molecule has 2 rings (SSSR count). The molecule has 0 aliphatic carbocycles. The highest BCUT2D eigenvalue weighted by atomic mass is 35.5. The van der Waals surface area contributed by atoms with Crippen molar-refractivity contribution < 1.29 is 14.7 Å². The van der Waals surface area contributed by atoms with Gasteiger partial charge < -0.3 is 10.0 Å². The van der Waals surface area contributed by atoms with Crippen molar-refractivity contribution in [2.24, 2.45) is 0 Å². The van der Waals surface area contributed by atoms with Crippen LogP contribution in [0.15, 0.2) is 18.2 Å². The second kappa shape index (κ2) is 5.16. The third-order valence-corrected chi connectivity index (χ3v) is 3.34. The van der Waals surface area contributed by atoms with Crippen LogP contribution in [0.4, 0.5) is 0 Å². The molecule has 1 aliphatic rings. The number of amides is 1. The van der Waals surface area contributed by atoms with Gasteiger partial charge in [-0.05, 0) is 31.0 Å². The van der Waals surface area contributed by atoms with Gasteiger partial charge in [0.25, 0.3) is 5.91 Å². The minimum Gasteiger partial charge on any atom is -0.480 e. The smallest absolute Gasteiger partial charge is 0.326 e. The summed E-state index contributed by atoms with van der Waals surface area (Å²) in [6, 6.07) is 3.76. The Kier molecular flexibility index (Phi) is 3.78. The van der Waals surface area contributed by atoms with Gasteiger partial charge in [-0.1, -0.05) is 23.2 Å². The topological polar surface area (TPSA) is 57.6 Å². The van der Waals surface area contributed by atoms with E-state index in [0.717, 1.165) is 0 Å². The van der Waals surface area contributed by atoms with Gasteiger partial charge in [0.15, 0.2) is 0 Å². The van der Waals surface area contributed by atoms with Crippen LogP contribution in [0.2, 0.25) is 10.0 Å². The van der Waals surface area contributed by atoms with Crippen LogP contribution in [-0.4, -0.2) is 34.5 Å². The number of carbonyl (C=O) groups excluding carboxylic acids is 1. The van der Waals surface area contributed by atoms with Gasteiger partial charge in [-0.25, -0.2) is 4.79 Å². The van der Waals surface area contributed by atoms with Gasteiger partial charge in [-0.3, -0.25) is 4.79 Å². The summed E-state index contributed by atoms with van der Waals surface area (Å²) in [5.74, 6) is -1.32. The van der Waals surface area contributed by atoms with E-state index >= 15 is 0 Å². The Hall–Kier alpha value is -1.26. The molecule has 0 saturated carbocycles. The predicted octanol–water partition coefficient (Wildman–Crippen LogP) is 2.68. The molecular weight excluding hydrogens is 277 g/mol. The molecular formula is C12H11Cl2NO3. The number of rotatable bonds is 2. The lowest BCUT2D eigenvalue weighted by molar-refractivity contribution is -0.141. The van der Waals surface area contributed by atoms with Crippen molar-refractivity contribution >= 4 is 35.1 Å². The summed E-state index contributed by atoms with van der Waals surface area (Å²) in [5.41, 5.74) is 0.320. The van der Waals surface area contributed by atoms with Gasteiger partial charge in [0, 0.05) is 22.2 Å². The molecule has 0 aromatic heterocycles. The van der Waals surface area contributed by atoms with Crippen LogP contribution in [0.1, 0.15) is 23.2 Å². The van der Waals surface area contributed by atoms with Crippen molar-refractivity contribution in [2.75, 3.05) is 6.54 Å². The first kappa shape index (κ1) is 13.2. The number of hydrogen-bond acceptors (Lipinski definition) is 2. The van der Waals surface area contributed by atoms with Crippen molar-refractivity contribution in [1.29, 1.82) is 0 Å². The van der Waals surface area contributed by atoms with Gasteiger partial charge in [0.2, 0.25) is 0 Å². The Morgan fingerprint density at radius 1 is 1.22 bits per heavy atom. The maximum atomic E-state index is 12.2. The van der Waals surface area contributed by atoms with Crippen LogP contribution >= 0.6 is 23.2 Å². The molecule has 0 unspecified atom stereocenters. The summed E-state index contributed by atoms with van der Waals surface area (Å²) in [4.78, 5) is 24.6. The second-order valence-corrected chi connectivity index (χ2v) is 5.03. The molecule has 18 heavy (non-hydrogen) atoms. The second-order valence-electron chi connectivity index (χ2n) is 4.15. The zero-order valence-electron chi connectivity index (χ0n) is 9.40. The van der Waals surface area contributed by atoms with Crippen molar-refractivity contribution in [2.45, 2.75) is 18.9 Å². The zero-order chi connectivity index (χ0) is 13.3. The van der Waals surface area contributed by atoms with Crippen LogP contribution in [0.25, 0.3) is 0 Å². The first-order valence-electron chi connectivity index (χ1n) is 5.49. The molecule has 0 spiro atoms. The molecule has 1 heterocycles. The van der Waals surface area contributed by atoms with Crippen LogP contribution in [-0.2, 0) is 4.79 Å². The lowest BCUT2D eigenvalue weighted by Gasteiger charge is -2.21. The molecule has 0 radical (unpaired) electrons. The highest BCUT2D eigenvalue weighted by molar-refractivity contribution is 6.35. The molecule has 1 amide bonds. The third-order valence-electron chi connectivity index (χ3n) is 2.91. The fourth-order valence-electron chi connectivity index (χ4n) is 2.11. The fraction of sp³-hybridized carbons (Fsp3) is 0.333. The van der Waals surface area contributed by atoms with Gasteiger partial charge in [-0.2, -0.15) is 0 Å². The lowest BCUT2D eigenvalue weighted by Crippen LogP contribution is -2.40. The molecule has 1 aromatic carbocycles. The van der Waals surface area contributed by atoms with Crippen molar-refractivity contribution in [3.05, 3.63) is 33.8 Å². The number of carbonyl (C=O) groups is 2. The highest BCUT2D eigenvalue weighted by Crippen LogP contribution is 2.24. The molecule has 1 aliphatic heterocycles. The van der Waals surface area contributed by atoms with E-state index in [4.69, 9.17) is 28.3 Å². The number of carboxylic acid groups (broad SMARTS) is 1. The van der Waals surface area contributed by atoms with Gasteiger partial charge >= 0.3 is 5.97 Å². The van der Waals surface area contributed by atoms with E-state index in [9.17, 15) is 9.59 Å². The average molecular weight is 288 g/mol. The Labute approximate surface area is 114 Å². The number of carboxylic acids is 1. The lowest BCUT2D eigenvalue weighted by atomic mass is 10.1. The molecule has 6 heteroatoms. The fourth-order valence-corrected chi connectivity index (χ4v) is 2.64. The first-order valence-corrected chi connectivity index (χ1v) is 6.24. The number of halogens is 2. The Bertz CT molecular complexity index is 484. The average Bonchev–Trinajstić information content (AvgIpc) is 2.75. The summed E-state index contributed by atoms with van der Waals surface area (Å²) in [5, 5.41) is 9.76. The largest absolute Gasteiger partial charge is 0.480 e. The van der Waals surface area contributed by atoms with E-state index in [1.165, 1.54) is 23.1 Å². The molecule has 96 valence electrons. The summed E-state index contributed by atoms with van der Waals surface area (Å²) in [6.07, 6.45) is 1.17. The summed E-state index contributed by atoms with van der Waals surface area (Å²) in [7, 11) is 0. The standard InChI is InChI=1S/C12H11Cl2NO3/c13-8-4-7(5-9(14)6-8)11(16)15-3-1-2-10(15)12(17)18/h4-6,10H,1-3H2,(H,17,18)/t10-/m0/s1. The van der Waals surface area contributed by atoms with E-state index in [2.05, 4.69) is 0 Å². The first-order chi connectivity index (χ1) is 8.49. The van der Waals surface area contributed by atoms with E-state index in [1.54, 1.807) is 0 Å².